The predicted molar refractivity (Wildman–Crippen MR) is 141 cm³/mol. The van der Waals surface area contributed by atoms with Gasteiger partial charge in [0.15, 0.2) is 0 Å². The molecule has 0 saturated heterocycles. The lowest BCUT2D eigenvalue weighted by Gasteiger charge is -2.31. The Morgan fingerprint density at radius 3 is 2.06 bits per heavy atom. The average Bonchev–Trinajstić information content (AvgIpc) is 2.82. The van der Waals surface area contributed by atoms with Crippen LogP contribution < -0.4 is 10.2 Å². The van der Waals surface area contributed by atoms with Crippen molar-refractivity contribution in [3.05, 3.63) is 93.5 Å². The van der Waals surface area contributed by atoms with Crippen molar-refractivity contribution in [2.75, 3.05) is 24.3 Å². The van der Waals surface area contributed by atoms with E-state index < -0.39 is 0 Å². The molecule has 0 heterocycles. The minimum Gasteiger partial charge on any atom is -0.377 e. The van der Waals surface area contributed by atoms with Gasteiger partial charge < -0.3 is 15.1 Å². The van der Waals surface area contributed by atoms with E-state index in [1.165, 1.54) is 0 Å². The quantitative estimate of drug-likeness (QED) is 0.374. The Balaban J connectivity index is 1.95. The number of anilines is 2. The van der Waals surface area contributed by atoms with Gasteiger partial charge in [0.1, 0.15) is 0 Å². The Hall–Kier alpha value is -3.02. The van der Waals surface area contributed by atoms with Crippen molar-refractivity contribution in [1.82, 2.24) is 4.90 Å². The number of rotatable bonds is 8. The topological polar surface area (TPSA) is 52.7 Å². The predicted octanol–water partition coefficient (Wildman–Crippen LogP) is 6.75. The molecule has 7 heteroatoms. The van der Waals surface area contributed by atoms with Crippen molar-refractivity contribution in [2.45, 2.75) is 32.9 Å². The van der Waals surface area contributed by atoms with Crippen LogP contribution in [0, 0.1) is 0 Å². The Kier molecular flexibility index (Phi) is 8.59. The monoisotopic (exact) mass is 497 g/mol. The molecule has 0 bridgehead atoms. The number of benzene rings is 3. The molecule has 5 nitrogen and oxygen atoms in total. The Morgan fingerprint density at radius 2 is 1.50 bits per heavy atom. The summed E-state index contributed by atoms with van der Waals surface area (Å²) in [4.78, 5) is 30.1. The summed E-state index contributed by atoms with van der Waals surface area (Å²) in [7, 11) is 3.90. The van der Waals surface area contributed by atoms with Gasteiger partial charge in [-0.25, -0.2) is 0 Å². The zero-order valence-electron chi connectivity index (χ0n) is 19.8. The summed E-state index contributed by atoms with van der Waals surface area (Å²) in [5.74, 6) is -0.421. The van der Waals surface area contributed by atoms with Gasteiger partial charge in [-0.3, -0.25) is 9.59 Å². The van der Waals surface area contributed by atoms with Gasteiger partial charge in [0.2, 0.25) is 0 Å². The molecule has 1 atom stereocenters. The number of carbonyl (C=O) groups is 2. The van der Waals surface area contributed by atoms with Gasteiger partial charge in [-0.05, 0) is 61.4 Å². The minimum absolute atomic E-state index is 0.0137. The lowest BCUT2D eigenvalue weighted by atomic mass is 10.1. The van der Waals surface area contributed by atoms with Crippen LogP contribution in [0.3, 0.4) is 0 Å². The maximum Gasteiger partial charge on any atom is 0.257 e. The van der Waals surface area contributed by atoms with Gasteiger partial charge in [0, 0.05) is 38.1 Å². The summed E-state index contributed by atoms with van der Waals surface area (Å²) >= 11 is 12.5. The molecule has 0 spiro atoms. The highest BCUT2D eigenvalue weighted by molar-refractivity contribution is 6.34. The summed E-state index contributed by atoms with van der Waals surface area (Å²) in [5, 5.41) is 3.74. The van der Waals surface area contributed by atoms with E-state index in [1.54, 1.807) is 36.4 Å². The Labute approximate surface area is 211 Å². The van der Waals surface area contributed by atoms with Crippen LogP contribution >= 0.6 is 23.2 Å². The van der Waals surface area contributed by atoms with E-state index in [2.05, 4.69) is 5.32 Å². The summed E-state index contributed by atoms with van der Waals surface area (Å²) in [6.07, 6.45) is 0.788. The van der Waals surface area contributed by atoms with Gasteiger partial charge in [0.25, 0.3) is 11.8 Å². The zero-order chi connectivity index (χ0) is 24.8. The van der Waals surface area contributed by atoms with Gasteiger partial charge in [-0.2, -0.15) is 0 Å². The zero-order valence-corrected chi connectivity index (χ0v) is 21.3. The summed E-state index contributed by atoms with van der Waals surface area (Å²) in [5.41, 5.74) is 3.36. The largest absolute Gasteiger partial charge is 0.377 e. The van der Waals surface area contributed by atoms with Crippen molar-refractivity contribution >= 4 is 46.4 Å². The van der Waals surface area contributed by atoms with Crippen molar-refractivity contribution in [2.24, 2.45) is 0 Å². The molecule has 0 fully saturated rings. The normalized spacial score (nSPS) is 11.6. The maximum atomic E-state index is 13.5. The molecule has 34 heavy (non-hydrogen) atoms. The first-order chi connectivity index (χ1) is 16.2. The molecule has 2 amide bonds. The number of hydrogen-bond acceptors (Lipinski definition) is 3. The second-order valence-corrected chi connectivity index (χ2v) is 9.16. The lowest BCUT2D eigenvalue weighted by molar-refractivity contribution is 0.0672. The van der Waals surface area contributed by atoms with Crippen LogP contribution in [0.25, 0.3) is 0 Å². The van der Waals surface area contributed by atoms with Crippen molar-refractivity contribution in [1.29, 1.82) is 0 Å². The standard InChI is InChI=1S/C27H29Cl2N3O2/c1-5-18(2)32(27(34)22-11-7-9-13-24(22)29)17-19-16-20(14-15-25(19)31(3)4)30-26(33)21-10-6-8-12-23(21)28/h6-16,18H,5,17H2,1-4H3,(H,30,33). The number of nitrogens with one attached hydrogen (secondary N) is 1. The molecule has 0 aliphatic heterocycles. The molecule has 0 aliphatic carbocycles. The van der Waals surface area contributed by atoms with Gasteiger partial charge >= 0.3 is 0 Å². The molecule has 1 N–H and O–H groups in total. The minimum atomic E-state index is -0.292. The molecule has 0 saturated carbocycles. The third-order valence-electron chi connectivity index (χ3n) is 5.77. The van der Waals surface area contributed by atoms with E-state index in [1.807, 2.05) is 68.1 Å². The average molecular weight is 498 g/mol. The molecule has 3 rings (SSSR count). The fraction of sp³-hybridized carbons (Fsp3) is 0.259. The third-order valence-corrected chi connectivity index (χ3v) is 6.43. The van der Waals surface area contributed by atoms with Crippen molar-refractivity contribution < 1.29 is 9.59 Å². The van der Waals surface area contributed by atoms with Crippen LogP contribution in [0.4, 0.5) is 11.4 Å². The molecule has 1 unspecified atom stereocenters. The Morgan fingerprint density at radius 1 is 0.912 bits per heavy atom. The second kappa shape index (κ2) is 11.4. The highest BCUT2D eigenvalue weighted by atomic mass is 35.5. The van der Waals surface area contributed by atoms with Gasteiger partial charge in [-0.15, -0.1) is 0 Å². The lowest BCUT2D eigenvalue weighted by Crippen LogP contribution is -2.38. The first-order valence-electron chi connectivity index (χ1n) is 11.1. The number of halogens is 2. The summed E-state index contributed by atoms with van der Waals surface area (Å²) < 4.78 is 0. The van der Waals surface area contributed by atoms with E-state index in [4.69, 9.17) is 23.2 Å². The second-order valence-electron chi connectivity index (χ2n) is 8.34. The number of amides is 2. The first kappa shape index (κ1) is 25.6. The molecule has 0 aliphatic rings. The number of carbonyl (C=O) groups excluding carboxylic acids is 2. The molecule has 3 aromatic carbocycles. The molecule has 178 valence electrons. The molecule has 0 aromatic heterocycles. The number of hydrogen-bond donors (Lipinski definition) is 1. The van der Waals surface area contributed by atoms with E-state index in [0.29, 0.717) is 33.4 Å². The first-order valence-corrected chi connectivity index (χ1v) is 11.9. The van der Waals surface area contributed by atoms with Crippen LogP contribution in [0.5, 0.6) is 0 Å². The van der Waals surface area contributed by atoms with Crippen LogP contribution in [-0.4, -0.2) is 36.9 Å². The Bertz CT molecular complexity index is 1180. The highest BCUT2D eigenvalue weighted by Crippen LogP contribution is 2.28. The highest BCUT2D eigenvalue weighted by Gasteiger charge is 2.24. The van der Waals surface area contributed by atoms with E-state index in [9.17, 15) is 9.59 Å². The fourth-order valence-corrected chi connectivity index (χ4v) is 4.13. The van der Waals surface area contributed by atoms with E-state index in [-0.39, 0.29) is 17.9 Å². The smallest absolute Gasteiger partial charge is 0.257 e. The molecular weight excluding hydrogens is 469 g/mol. The molecule has 3 aromatic rings. The van der Waals surface area contributed by atoms with Crippen LogP contribution in [0.2, 0.25) is 10.0 Å². The van der Waals surface area contributed by atoms with Crippen LogP contribution in [0.15, 0.2) is 66.7 Å². The fourth-order valence-electron chi connectivity index (χ4n) is 3.69. The van der Waals surface area contributed by atoms with E-state index >= 15 is 0 Å². The van der Waals surface area contributed by atoms with Crippen LogP contribution in [-0.2, 0) is 6.54 Å². The molecular formula is C27H29Cl2N3O2. The number of nitrogens with zero attached hydrogens (tertiary/aromatic N) is 2. The third kappa shape index (κ3) is 5.91. The summed E-state index contributed by atoms with van der Waals surface area (Å²) in [6.45, 7) is 4.43. The van der Waals surface area contributed by atoms with Gasteiger partial charge in [-0.1, -0.05) is 54.4 Å². The SMILES string of the molecule is CCC(C)N(Cc1cc(NC(=O)c2ccccc2Cl)ccc1N(C)C)C(=O)c1ccccc1Cl. The van der Waals surface area contributed by atoms with E-state index in [0.717, 1.165) is 17.7 Å². The van der Waals surface area contributed by atoms with Crippen molar-refractivity contribution in [3.63, 3.8) is 0 Å². The van der Waals surface area contributed by atoms with Gasteiger partial charge in [0.05, 0.1) is 21.2 Å². The maximum absolute atomic E-state index is 13.5. The van der Waals surface area contributed by atoms with Crippen molar-refractivity contribution in [3.8, 4) is 0 Å². The molecule has 0 radical (unpaired) electrons. The summed E-state index contributed by atoms with van der Waals surface area (Å²) in [6, 6.07) is 19.7. The van der Waals surface area contributed by atoms with Crippen LogP contribution in [0.1, 0.15) is 46.5 Å².